The van der Waals surface area contributed by atoms with Gasteiger partial charge in [-0.15, -0.1) is 12.4 Å². The van der Waals surface area contributed by atoms with Crippen molar-refractivity contribution in [1.29, 1.82) is 0 Å². The Hall–Kier alpha value is -2.62. The molecule has 5 heterocycles. The van der Waals surface area contributed by atoms with Gasteiger partial charge in [0.05, 0.1) is 29.1 Å². The largest absolute Gasteiger partial charge is 0.362 e. The number of fused-ring (bicyclic) bond motifs is 2. The van der Waals surface area contributed by atoms with Crippen molar-refractivity contribution >= 4 is 52.3 Å². The fourth-order valence-electron chi connectivity index (χ4n) is 3.74. The van der Waals surface area contributed by atoms with Gasteiger partial charge in [0.1, 0.15) is 24.0 Å². The monoisotopic (exact) mass is 433 g/mol. The van der Waals surface area contributed by atoms with Gasteiger partial charge in [-0.25, -0.2) is 19.9 Å². The van der Waals surface area contributed by atoms with Crippen LogP contribution in [0.15, 0.2) is 31.2 Å². The molecule has 0 saturated carbocycles. The van der Waals surface area contributed by atoms with E-state index >= 15 is 0 Å². The number of hydrogen-bond acceptors (Lipinski definition) is 7. The highest BCUT2D eigenvalue weighted by molar-refractivity contribution is 6.34. The third kappa shape index (κ3) is 3.45. The number of rotatable bonds is 4. The zero-order chi connectivity index (χ0) is 19.1. The number of nitrogens with one attached hydrogen (secondary N) is 3. The minimum Gasteiger partial charge on any atom is -0.362 e. The van der Waals surface area contributed by atoms with E-state index in [9.17, 15) is 0 Å². The van der Waals surface area contributed by atoms with Crippen molar-refractivity contribution in [2.45, 2.75) is 13.0 Å². The maximum atomic E-state index is 6.58. The second-order valence-electron chi connectivity index (χ2n) is 6.85. The Morgan fingerprint density at radius 2 is 2.03 bits per heavy atom. The number of halogens is 2. The highest BCUT2D eigenvalue weighted by atomic mass is 35.5. The predicted octanol–water partition coefficient (Wildman–Crippen LogP) is 2.66. The van der Waals surface area contributed by atoms with Crippen molar-refractivity contribution in [2.24, 2.45) is 0 Å². The zero-order valence-electron chi connectivity index (χ0n) is 15.8. The van der Waals surface area contributed by atoms with Crippen LogP contribution in [-0.2, 0) is 0 Å². The molecule has 1 aliphatic heterocycles. The molecule has 5 rings (SSSR count). The zero-order valence-corrected chi connectivity index (χ0v) is 17.3. The molecule has 3 N–H and O–H groups in total. The summed E-state index contributed by atoms with van der Waals surface area (Å²) in [6, 6.07) is 1.98. The molecule has 9 nitrogen and oxygen atoms in total. The smallest absolute Gasteiger partial charge is 0.182 e. The number of aromatic nitrogens is 6. The molecule has 1 atom stereocenters. The molecule has 0 aliphatic carbocycles. The fraction of sp³-hybridized carbons (Fsp3) is 0.333. The summed E-state index contributed by atoms with van der Waals surface area (Å²) in [5.41, 5.74) is 3.41. The van der Waals surface area contributed by atoms with Gasteiger partial charge in [0, 0.05) is 31.7 Å². The molecule has 11 heteroatoms. The summed E-state index contributed by atoms with van der Waals surface area (Å²) in [6.07, 6.45) is 6.76. The Balaban J connectivity index is 0.00000205. The lowest BCUT2D eigenvalue weighted by molar-refractivity contribution is 0.580. The number of anilines is 2. The molecular weight excluding hydrogens is 413 g/mol. The van der Waals surface area contributed by atoms with Crippen molar-refractivity contribution in [3.8, 4) is 0 Å². The molecule has 4 aromatic heterocycles. The van der Waals surface area contributed by atoms with E-state index in [2.05, 4.69) is 51.8 Å². The molecule has 0 bridgehead atoms. The first-order chi connectivity index (χ1) is 13.7. The van der Waals surface area contributed by atoms with Crippen molar-refractivity contribution in [3.05, 3.63) is 41.8 Å². The lowest BCUT2D eigenvalue weighted by atomic mass is 10.1. The molecule has 4 aromatic rings. The first-order valence-electron chi connectivity index (χ1n) is 9.23. The minimum absolute atomic E-state index is 0. The Kier molecular flexibility index (Phi) is 5.44. The Morgan fingerprint density at radius 3 is 2.86 bits per heavy atom. The second-order valence-corrected chi connectivity index (χ2v) is 7.25. The van der Waals surface area contributed by atoms with Gasteiger partial charge in [-0.2, -0.15) is 0 Å². The minimum atomic E-state index is -0.0458. The van der Waals surface area contributed by atoms with E-state index in [-0.39, 0.29) is 18.4 Å². The van der Waals surface area contributed by atoms with Crippen LogP contribution in [0.4, 0.5) is 11.6 Å². The van der Waals surface area contributed by atoms with E-state index < -0.39 is 0 Å². The Bertz CT molecular complexity index is 1130. The van der Waals surface area contributed by atoms with Crippen LogP contribution in [0.5, 0.6) is 0 Å². The number of pyridine rings is 1. The molecule has 1 aliphatic rings. The number of nitrogens with zero attached hydrogens (tertiary/aromatic N) is 6. The molecule has 0 amide bonds. The van der Waals surface area contributed by atoms with Gasteiger partial charge in [0.25, 0.3) is 0 Å². The van der Waals surface area contributed by atoms with Crippen molar-refractivity contribution in [1.82, 2.24) is 34.6 Å². The SMILES string of the molecule is CC(Nc1ncnc2nc[nH]c12)c1cc(Cl)c2cncn2c1N1CCNCC1.Cl. The number of hydrogen-bond donors (Lipinski definition) is 3. The van der Waals surface area contributed by atoms with Gasteiger partial charge in [0.2, 0.25) is 0 Å². The number of H-pyrrole nitrogens is 1. The van der Waals surface area contributed by atoms with E-state index in [0.29, 0.717) is 16.5 Å². The van der Waals surface area contributed by atoms with E-state index in [0.717, 1.165) is 48.6 Å². The van der Waals surface area contributed by atoms with Gasteiger partial charge < -0.3 is 20.5 Å². The van der Waals surface area contributed by atoms with Crippen LogP contribution in [0.1, 0.15) is 18.5 Å². The quantitative estimate of drug-likeness (QED) is 0.454. The van der Waals surface area contributed by atoms with E-state index in [1.54, 1.807) is 12.5 Å². The van der Waals surface area contributed by atoms with Gasteiger partial charge in [-0.3, -0.25) is 4.40 Å². The van der Waals surface area contributed by atoms with E-state index in [1.165, 1.54) is 6.33 Å². The summed E-state index contributed by atoms with van der Waals surface area (Å²) >= 11 is 6.58. The van der Waals surface area contributed by atoms with Gasteiger partial charge in [-0.05, 0) is 13.0 Å². The van der Waals surface area contributed by atoms with Gasteiger partial charge in [-0.1, -0.05) is 11.6 Å². The maximum Gasteiger partial charge on any atom is 0.182 e. The molecule has 0 aromatic carbocycles. The predicted molar refractivity (Wildman–Crippen MR) is 116 cm³/mol. The van der Waals surface area contributed by atoms with Gasteiger partial charge in [0.15, 0.2) is 11.5 Å². The van der Waals surface area contributed by atoms with Crippen LogP contribution in [0.2, 0.25) is 5.02 Å². The molecule has 1 unspecified atom stereocenters. The lowest BCUT2D eigenvalue weighted by Crippen LogP contribution is -2.44. The summed E-state index contributed by atoms with van der Waals surface area (Å²) in [6.45, 7) is 5.84. The van der Waals surface area contributed by atoms with Crippen LogP contribution in [0.3, 0.4) is 0 Å². The molecule has 29 heavy (non-hydrogen) atoms. The summed E-state index contributed by atoms with van der Waals surface area (Å²) in [4.78, 5) is 22.6. The van der Waals surface area contributed by atoms with Crippen LogP contribution in [0.25, 0.3) is 16.7 Å². The number of aromatic amines is 1. The first kappa shape index (κ1) is 19.7. The van der Waals surface area contributed by atoms with E-state index in [1.807, 2.05) is 12.4 Å². The van der Waals surface area contributed by atoms with Crippen molar-refractivity contribution < 1.29 is 0 Å². The average molecular weight is 434 g/mol. The Labute approximate surface area is 178 Å². The highest BCUT2D eigenvalue weighted by Crippen LogP contribution is 2.34. The second kappa shape index (κ2) is 8.02. The molecule has 1 fully saturated rings. The Morgan fingerprint density at radius 1 is 1.21 bits per heavy atom. The van der Waals surface area contributed by atoms with Crippen LogP contribution >= 0.6 is 24.0 Å². The third-order valence-corrected chi connectivity index (χ3v) is 5.41. The van der Waals surface area contributed by atoms with Crippen molar-refractivity contribution in [3.63, 3.8) is 0 Å². The third-order valence-electron chi connectivity index (χ3n) is 5.11. The topological polar surface area (TPSA) is 99.1 Å². The average Bonchev–Trinajstić information content (AvgIpc) is 3.39. The molecule has 152 valence electrons. The van der Waals surface area contributed by atoms with Crippen LogP contribution in [0, 0.1) is 0 Å². The maximum absolute atomic E-state index is 6.58. The first-order valence-corrected chi connectivity index (χ1v) is 9.61. The fourth-order valence-corrected chi connectivity index (χ4v) is 4.00. The van der Waals surface area contributed by atoms with E-state index in [4.69, 9.17) is 11.6 Å². The summed E-state index contributed by atoms with van der Waals surface area (Å²) in [5.74, 6) is 1.82. The lowest BCUT2D eigenvalue weighted by Gasteiger charge is -2.33. The number of piperazine rings is 1. The van der Waals surface area contributed by atoms with Gasteiger partial charge >= 0.3 is 0 Å². The number of imidazole rings is 2. The molecule has 0 spiro atoms. The highest BCUT2D eigenvalue weighted by Gasteiger charge is 2.23. The standard InChI is InChI=1S/C18H20ClN9.ClH/c1-11(26-17-15-16(23-8-22-15)24-9-25-17)12-6-13(19)14-7-21-10-28(14)18(12)27-4-2-20-3-5-27;/h6-11,20H,2-5H2,1H3,(H2,22,23,24,25,26);1H. The van der Waals surface area contributed by atoms with Crippen LogP contribution in [-0.4, -0.2) is 55.5 Å². The summed E-state index contributed by atoms with van der Waals surface area (Å²) in [7, 11) is 0. The molecule has 1 saturated heterocycles. The van der Waals surface area contributed by atoms with Crippen molar-refractivity contribution in [2.75, 3.05) is 36.4 Å². The molecule has 0 radical (unpaired) electrons. The normalized spacial score (nSPS) is 15.4. The molecular formula is C18H21Cl2N9. The summed E-state index contributed by atoms with van der Waals surface area (Å²) in [5, 5.41) is 7.58. The summed E-state index contributed by atoms with van der Waals surface area (Å²) < 4.78 is 2.08. The van der Waals surface area contributed by atoms with Crippen LogP contribution < -0.4 is 15.5 Å².